The van der Waals surface area contributed by atoms with E-state index in [1.54, 1.807) is 4.80 Å². The van der Waals surface area contributed by atoms with Gasteiger partial charge in [0.25, 0.3) is 0 Å². The zero-order valence-electron chi connectivity index (χ0n) is 17.3. The summed E-state index contributed by atoms with van der Waals surface area (Å²) in [4.78, 5) is 1.73. The van der Waals surface area contributed by atoms with E-state index in [0.29, 0.717) is 5.82 Å². The second-order valence-electron chi connectivity index (χ2n) is 7.00. The molecule has 5 heteroatoms. The van der Waals surface area contributed by atoms with Gasteiger partial charge in [0.1, 0.15) is 0 Å². The summed E-state index contributed by atoms with van der Waals surface area (Å²) in [5.41, 5.74) is 3.31. The molecule has 0 aliphatic heterocycles. The fourth-order valence-corrected chi connectivity index (χ4v) is 3.89. The Kier molecular flexibility index (Phi) is 6.13. The fraction of sp³-hybridized carbons (Fsp3) is 0.0385. The van der Waals surface area contributed by atoms with Gasteiger partial charge in [0.2, 0.25) is 0 Å². The average Bonchev–Trinajstić information content (AvgIpc) is 3.33. The molecule has 5 aromatic rings. The van der Waals surface area contributed by atoms with E-state index in [4.69, 9.17) is 5.10 Å². The van der Waals surface area contributed by atoms with Gasteiger partial charge in [0.05, 0.1) is 0 Å². The van der Waals surface area contributed by atoms with Crippen molar-refractivity contribution in [2.75, 3.05) is 0 Å². The topological polar surface area (TPSA) is 43.6 Å². The van der Waals surface area contributed by atoms with Gasteiger partial charge < -0.3 is 0 Å². The molecule has 0 bridgehead atoms. The van der Waals surface area contributed by atoms with E-state index in [9.17, 15) is 0 Å². The molecular weight excluding hydrogens is 375 g/mol. The molecule has 4 aromatic carbocycles. The van der Waals surface area contributed by atoms with Gasteiger partial charge in [-0.3, -0.25) is 0 Å². The molecular formula is C26H19LiN4. The molecule has 1 aromatic heterocycles. The molecule has 0 aliphatic carbocycles. The SMILES string of the molecule is [Li+].[c-]1cccc(-c2nnn(C(c3ccccc3)(c3ccccc3)c3ccccc3)n2)c1. The maximum Gasteiger partial charge on any atom is 1.00 e. The van der Waals surface area contributed by atoms with Crippen LogP contribution >= 0.6 is 0 Å². The summed E-state index contributed by atoms with van der Waals surface area (Å²) < 4.78 is 0. The van der Waals surface area contributed by atoms with E-state index in [2.05, 4.69) is 52.8 Å². The van der Waals surface area contributed by atoms with Crippen molar-refractivity contribution in [1.29, 1.82) is 0 Å². The molecule has 0 saturated carbocycles. The molecule has 0 fully saturated rings. The summed E-state index contributed by atoms with van der Waals surface area (Å²) in [6.07, 6.45) is 0. The summed E-state index contributed by atoms with van der Waals surface area (Å²) in [6.45, 7) is 0. The van der Waals surface area contributed by atoms with Crippen LogP contribution in [0.3, 0.4) is 0 Å². The van der Waals surface area contributed by atoms with Crippen LogP contribution in [0.4, 0.5) is 0 Å². The van der Waals surface area contributed by atoms with Crippen molar-refractivity contribution in [3.8, 4) is 11.4 Å². The van der Waals surface area contributed by atoms with E-state index in [1.165, 1.54) is 0 Å². The van der Waals surface area contributed by atoms with Gasteiger partial charge in [0.15, 0.2) is 11.4 Å². The summed E-state index contributed by atoms with van der Waals surface area (Å²) in [5.74, 6) is 0.569. The number of benzene rings is 4. The van der Waals surface area contributed by atoms with E-state index >= 15 is 0 Å². The fourth-order valence-electron chi connectivity index (χ4n) is 3.89. The quantitative estimate of drug-likeness (QED) is 0.260. The van der Waals surface area contributed by atoms with Crippen molar-refractivity contribution in [2.24, 2.45) is 0 Å². The van der Waals surface area contributed by atoms with Gasteiger partial charge in [-0.1, -0.05) is 96.6 Å². The maximum absolute atomic E-state index is 4.86. The van der Waals surface area contributed by atoms with E-state index in [0.717, 1.165) is 22.3 Å². The molecule has 5 rings (SSSR count). The third-order valence-corrected chi connectivity index (χ3v) is 5.25. The summed E-state index contributed by atoms with van der Waals surface area (Å²) in [6, 6.07) is 41.7. The maximum atomic E-state index is 4.86. The number of hydrogen-bond acceptors (Lipinski definition) is 3. The van der Waals surface area contributed by atoms with Crippen molar-refractivity contribution in [3.63, 3.8) is 0 Å². The first kappa shape index (κ1) is 20.8. The number of aromatic nitrogens is 4. The van der Waals surface area contributed by atoms with Crippen LogP contribution in [0.25, 0.3) is 11.4 Å². The summed E-state index contributed by atoms with van der Waals surface area (Å²) in [7, 11) is 0. The molecule has 0 radical (unpaired) electrons. The first-order valence-electron chi connectivity index (χ1n) is 9.82. The Morgan fingerprint density at radius 2 is 1.16 bits per heavy atom. The molecule has 144 valence electrons. The number of nitrogens with zero attached hydrogens (tertiary/aromatic N) is 4. The predicted molar refractivity (Wildman–Crippen MR) is 117 cm³/mol. The van der Waals surface area contributed by atoms with Crippen molar-refractivity contribution in [2.45, 2.75) is 5.54 Å². The molecule has 0 atom stereocenters. The Balaban J connectivity index is 0.00000231. The third kappa shape index (κ3) is 3.72. The van der Waals surface area contributed by atoms with Crippen LogP contribution < -0.4 is 18.9 Å². The van der Waals surface area contributed by atoms with Gasteiger partial charge >= 0.3 is 18.9 Å². The third-order valence-electron chi connectivity index (χ3n) is 5.25. The molecule has 0 saturated heterocycles. The second-order valence-corrected chi connectivity index (χ2v) is 7.00. The minimum Gasteiger partial charge on any atom is -0.183 e. The average molecular weight is 394 g/mol. The smallest absolute Gasteiger partial charge is 0.183 e. The predicted octanol–water partition coefficient (Wildman–Crippen LogP) is 1.98. The standard InChI is InChI=1S/C26H19N4.Li/c1-5-13-21(14-6-1)25-27-29-30(28-25)26(22-15-7-2-8-16-22,23-17-9-3-10-18-23)24-19-11-4-12-20-24;/h1-5,7-20H;/q-1;+1. The normalized spacial score (nSPS) is 11.0. The van der Waals surface area contributed by atoms with Crippen molar-refractivity contribution in [3.05, 3.63) is 138 Å². The minimum absolute atomic E-state index is 0. The Labute approximate surface area is 193 Å². The molecule has 0 unspecified atom stereocenters. The van der Waals surface area contributed by atoms with Gasteiger partial charge in [-0.25, -0.2) is 0 Å². The zero-order chi connectivity index (χ0) is 20.2. The zero-order valence-corrected chi connectivity index (χ0v) is 17.3. The van der Waals surface area contributed by atoms with Crippen LogP contribution in [0.2, 0.25) is 0 Å². The van der Waals surface area contributed by atoms with Gasteiger partial charge in [0, 0.05) is 0 Å². The Hall–Kier alpha value is -3.45. The molecule has 0 amide bonds. The first-order valence-corrected chi connectivity index (χ1v) is 9.82. The van der Waals surface area contributed by atoms with Gasteiger partial charge in [-0.2, -0.15) is 30.3 Å². The largest absolute Gasteiger partial charge is 1.00 e. The van der Waals surface area contributed by atoms with E-state index in [-0.39, 0.29) is 18.9 Å². The van der Waals surface area contributed by atoms with Crippen molar-refractivity contribution >= 4 is 0 Å². The second kappa shape index (κ2) is 9.14. The van der Waals surface area contributed by atoms with Crippen molar-refractivity contribution in [1.82, 2.24) is 20.2 Å². The Morgan fingerprint density at radius 1 is 0.645 bits per heavy atom. The van der Waals surface area contributed by atoms with Crippen LogP contribution in [0.5, 0.6) is 0 Å². The first-order chi connectivity index (χ1) is 14.9. The summed E-state index contributed by atoms with van der Waals surface area (Å²) >= 11 is 0. The van der Waals surface area contributed by atoms with Crippen molar-refractivity contribution < 1.29 is 18.9 Å². The Morgan fingerprint density at radius 3 is 1.61 bits per heavy atom. The molecule has 4 nitrogen and oxygen atoms in total. The van der Waals surface area contributed by atoms with Crippen LogP contribution in [0.15, 0.2) is 115 Å². The molecule has 31 heavy (non-hydrogen) atoms. The van der Waals surface area contributed by atoms with E-state index in [1.807, 2.05) is 78.9 Å². The van der Waals surface area contributed by atoms with E-state index < -0.39 is 5.54 Å². The molecule has 1 heterocycles. The minimum atomic E-state index is -0.756. The Bertz CT molecular complexity index is 1130. The van der Waals surface area contributed by atoms with Gasteiger partial charge in [-0.15, -0.1) is 15.0 Å². The van der Waals surface area contributed by atoms with Crippen LogP contribution in [-0.4, -0.2) is 20.2 Å². The summed E-state index contributed by atoms with van der Waals surface area (Å²) in [5, 5.41) is 13.8. The number of hydrogen-bond donors (Lipinski definition) is 0. The molecule has 0 aliphatic rings. The van der Waals surface area contributed by atoms with Gasteiger partial charge in [-0.05, 0) is 21.9 Å². The number of rotatable bonds is 5. The molecule has 0 spiro atoms. The monoisotopic (exact) mass is 394 g/mol. The van der Waals surface area contributed by atoms with Crippen LogP contribution in [0.1, 0.15) is 16.7 Å². The number of tetrazole rings is 1. The van der Waals surface area contributed by atoms with Crippen LogP contribution in [0, 0.1) is 6.07 Å². The molecule has 0 N–H and O–H groups in total. The van der Waals surface area contributed by atoms with Crippen LogP contribution in [-0.2, 0) is 5.54 Å².